The van der Waals surface area contributed by atoms with Crippen molar-refractivity contribution < 1.29 is 22.4 Å². The molecule has 24 heavy (non-hydrogen) atoms. The van der Waals surface area contributed by atoms with Gasteiger partial charge in [0.15, 0.2) is 0 Å². The fraction of sp³-hybridized carbons (Fsp3) is 0.118. The van der Waals surface area contributed by atoms with Crippen molar-refractivity contribution in [2.45, 2.75) is 11.8 Å². The predicted molar refractivity (Wildman–Crippen MR) is 89.5 cm³/mol. The maximum atomic E-state index is 13.0. The fourth-order valence-electron chi connectivity index (χ4n) is 2.32. The van der Waals surface area contributed by atoms with Crippen molar-refractivity contribution in [3.8, 4) is 0 Å². The predicted octanol–water partition coefficient (Wildman–Crippen LogP) is 3.70. The molecule has 3 rings (SSSR count). The van der Waals surface area contributed by atoms with Crippen LogP contribution in [-0.2, 0) is 14.8 Å². The molecular formula is C17H15NO5S. The molecule has 3 aromatic rings. The molecule has 0 fully saturated rings. The number of hydrogen-bond donors (Lipinski definition) is 0. The Balaban J connectivity index is 2.20. The van der Waals surface area contributed by atoms with E-state index in [9.17, 15) is 13.2 Å². The van der Waals surface area contributed by atoms with Crippen molar-refractivity contribution in [2.24, 2.45) is 0 Å². The summed E-state index contributed by atoms with van der Waals surface area (Å²) >= 11 is 0. The van der Waals surface area contributed by atoms with Crippen molar-refractivity contribution in [3.63, 3.8) is 0 Å². The van der Waals surface area contributed by atoms with Crippen molar-refractivity contribution in [1.29, 1.82) is 0 Å². The number of benzene rings is 2. The summed E-state index contributed by atoms with van der Waals surface area (Å²) in [5.41, 5.74) is 0.905. The largest absolute Gasteiger partial charge is 0.452 e. The van der Waals surface area contributed by atoms with Crippen molar-refractivity contribution >= 4 is 32.8 Å². The first-order chi connectivity index (χ1) is 11.4. The highest BCUT2D eigenvalue weighted by Crippen LogP contribution is 2.33. The summed E-state index contributed by atoms with van der Waals surface area (Å²) in [5.74, 6) is -0.0991. The maximum absolute atomic E-state index is 13.0. The molecule has 0 saturated heterocycles. The minimum atomic E-state index is -4.18. The van der Waals surface area contributed by atoms with E-state index in [-0.39, 0.29) is 10.8 Å². The second-order valence-electron chi connectivity index (χ2n) is 5.18. The number of amides is 1. The van der Waals surface area contributed by atoms with Crippen molar-refractivity contribution in [2.75, 3.05) is 11.4 Å². The van der Waals surface area contributed by atoms with Gasteiger partial charge in [0.05, 0.1) is 12.0 Å². The molecule has 0 spiro atoms. The van der Waals surface area contributed by atoms with Crippen LogP contribution in [0.2, 0.25) is 0 Å². The third-order valence-electron chi connectivity index (χ3n) is 3.57. The van der Waals surface area contributed by atoms with E-state index in [4.69, 9.17) is 4.42 Å². The molecule has 124 valence electrons. The molecule has 0 saturated carbocycles. The number of methoxy groups -OCH3 is 1. The van der Waals surface area contributed by atoms with Crippen LogP contribution < -0.4 is 4.31 Å². The smallest absolute Gasteiger partial charge is 0.430 e. The average Bonchev–Trinajstić information content (AvgIpc) is 2.99. The number of rotatable bonds is 3. The van der Waals surface area contributed by atoms with Gasteiger partial charge in [0.2, 0.25) is 5.88 Å². The first-order valence-electron chi connectivity index (χ1n) is 7.11. The van der Waals surface area contributed by atoms with Crippen LogP contribution in [0.3, 0.4) is 0 Å². The van der Waals surface area contributed by atoms with Crippen molar-refractivity contribution in [1.82, 2.24) is 0 Å². The van der Waals surface area contributed by atoms with Gasteiger partial charge in [0, 0.05) is 10.8 Å². The van der Waals surface area contributed by atoms with Crippen LogP contribution in [-0.4, -0.2) is 21.6 Å². The minimum Gasteiger partial charge on any atom is -0.452 e. The van der Waals surface area contributed by atoms with Gasteiger partial charge in [-0.1, -0.05) is 35.9 Å². The monoisotopic (exact) mass is 345 g/mol. The lowest BCUT2D eigenvalue weighted by Gasteiger charge is -2.19. The van der Waals surface area contributed by atoms with Gasteiger partial charge in [0.25, 0.3) is 10.0 Å². The van der Waals surface area contributed by atoms with E-state index >= 15 is 0 Å². The van der Waals surface area contributed by atoms with Gasteiger partial charge in [0.1, 0.15) is 6.26 Å². The normalized spacial score (nSPS) is 11.4. The zero-order valence-corrected chi connectivity index (χ0v) is 13.9. The number of ether oxygens (including phenoxy) is 1. The van der Waals surface area contributed by atoms with E-state index in [1.165, 1.54) is 18.4 Å². The van der Waals surface area contributed by atoms with E-state index < -0.39 is 16.1 Å². The van der Waals surface area contributed by atoms with E-state index in [0.29, 0.717) is 15.1 Å². The minimum absolute atomic E-state index is 0.0287. The maximum Gasteiger partial charge on any atom is 0.430 e. The van der Waals surface area contributed by atoms with E-state index in [2.05, 4.69) is 4.74 Å². The van der Waals surface area contributed by atoms with Crippen LogP contribution in [0.25, 0.3) is 10.8 Å². The quantitative estimate of drug-likeness (QED) is 0.723. The lowest BCUT2D eigenvalue weighted by molar-refractivity contribution is 0.182. The summed E-state index contributed by atoms with van der Waals surface area (Å²) in [7, 11) is -3.06. The second kappa shape index (κ2) is 6.01. The van der Waals surface area contributed by atoms with Gasteiger partial charge in [-0.15, -0.1) is 4.31 Å². The first-order valence-corrected chi connectivity index (χ1v) is 8.55. The Labute approximate surface area is 139 Å². The van der Waals surface area contributed by atoms with Crippen LogP contribution in [0.5, 0.6) is 0 Å². The highest BCUT2D eigenvalue weighted by molar-refractivity contribution is 7.93. The molecule has 0 aliphatic rings. The molecule has 1 heterocycles. The first kappa shape index (κ1) is 16.1. The van der Waals surface area contributed by atoms with Crippen LogP contribution in [0.15, 0.2) is 64.1 Å². The van der Waals surface area contributed by atoms with Gasteiger partial charge >= 0.3 is 6.09 Å². The summed E-state index contributed by atoms with van der Waals surface area (Å²) in [5, 5.41) is 1.18. The molecule has 0 radical (unpaired) electrons. The Bertz CT molecular complexity index is 989. The van der Waals surface area contributed by atoms with Gasteiger partial charge in [-0.2, -0.15) is 0 Å². The fourth-order valence-corrected chi connectivity index (χ4v) is 3.64. The highest BCUT2D eigenvalue weighted by Gasteiger charge is 2.35. The number of nitrogens with zero attached hydrogens (tertiary/aromatic N) is 1. The number of sulfonamides is 1. The SMILES string of the molecule is COC(=O)N(c1occ2ccccc12)S(=O)(=O)c1ccc(C)cc1. The van der Waals surface area contributed by atoms with E-state index in [1.54, 1.807) is 36.4 Å². The molecule has 0 unspecified atom stereocenters. The number of carbonyl (C=O) groups excluding carboxylic acids is 1. The average molecular weight is 345 g/mol. The van der Waals surface area contributed by atoms with Crippen molar-refractivity contribution in [3.05, 3.63) is 60.4 Å². The van der Waals surface area contributed by atoms with Crippen LogP contribution in [0.4, 0.5) is 10.7 Å². The van der Waals surface area contributed by atoms with E-state index in [1.807, 2.05) is 6.92 Å². The Morgan fingerprint density at radius 3 is 2.42 bits per heavy atom. The number of fused-ring (bicyclic) bond motifs is 1. The molecule has 0 bridgehead atoms. The van der Waals surface area contributed by atoms with Crippen LogP contribution in [0.1, 0.15) is 5.56 Å². The van der Waals surface area contributed by atoms with Crippen LogP contribution in [0, 0.1) is 6.92 Å². The lowest BCUT2D eigenvalue weighted by Crippen LogP contribution is -2.36. The number of anilines is 1. The molecule has 6 nitrogen and oxygen atoms in total. The molecule has 0 aliphatic heterocycles. The summed E-state index contributed by atoms with van der Waals surface area (Å²) in [6.45, 7) is 1.84. The van der Waals surface area contributed by atoms with Gasteiger partial charge in [-0.05, 0) is 25.1 Å². The zero-order valence-electron chi connectivity index (χ0n) is 13.1. The summed E-state index contributed by atoms with van der Waals surface area (Å²) in [4.78, 5) is 12.2. The summed E-state index contributed by atoms with van der Waals surface area (Å²) < 4.78 is 36.5. The number of carbonyl (C=O) groups is 1. The number of furan rings is 1. The number of aryl methyl sites for hydroxylation is 1. The standard InChI is InChI=1S/C17H15NO5S/c1-12-7-9-14(10-8-12)24(20,21)18(17(19)22-2)16-15-6-4-3-5-13(15)11-23-16/h3-11H,1-2H3. The third-order valence-corrected chi connectivity index (χ3v) is 5.24. The number of hydrogen-bond acceptors (Lipinski definition) is 5. The summed E-state index contributed by atoms with van der Waals surface area (Å²) in [6.07, 6.45) is 0.348. The molecule has 1 aromatic heterocycles. The van der Waals surface area contributed by atoms with Gasteiger partial charge < -0.3 is 9.15 Å². The van der Waals surface area contributed by atoms with E-state index in [0.717, 1.165) is 12.7 Å². The highest BCUT2D eigenvalue weighted by atomic mass is 32.2. The lowest BCUT2D eigenvalue weighted by atomic mass is 10.2. The third kappa shape index (κ3) is 2.63. The Kier molecular flexibility index (Phi) is 4.02. The molecule has 0 aliphatic carbocycles. The van der Waals surface area contributed by atoms with Gasteiger partial charge in [-0.25, -0.2) is 13.2 Å². The van der Waals surface area contributed by atoms with Gasteiger partial charge in [-0.3, -0.25) is 0 Å². The Morgan fingerprint density at radius 1 is 1.08 bits per heavy atom. The molecular weight excluding hydrogens is 330 g/mol. The molecule has 0 atom stereocenters. The molecule has 7 heteroatoms. The second-order valence-corrected chi connectivity index (χ2v) is 6.97. The molecule has 1 amide bonds. The molecule has 0 N–H and O–H groups in total. The Hall–Kier alpha value is -2.80. The van der Waals surface area contributed by atoms with Crippen LogP contribution >= 0.6 is 0 Å². The topological polar surface area (TPSA) is 76.8 Å². The summed E-state index contributed by atoms with van der Waals surface area (Å²) in [6, 6.07) is 13.1. The molecule has 2 aromatic carbocycles. The Morgan fingerprint density at radius 2 is 1.75 bits per heavy atom. The zero-order chi connectivity index (χ0) is 17.3.